The van der Waals surface area contributed by atoms with Crippen LogP contribution in [0.5, 0.6) is 17.2 Å². The lowest BCUT2D eigenvalue weighted by atomic mass is 9.92. The minimum atomic E-state index is -0.588. The number of allylic oxidation sites excluding steroid dienone is 1. The highest BCUT2D eigenvalue weighted by Crippen LogP contribution is 2.41. The van der Waals surface area contributed by atoms with Gasteiger partial charge in [0.2, 0.25) is 5.75 Å². The van der Waals surface area contributed by atoms with Gasteiger partial charge in [-0.3, -0.25) is 4.79 Å². The second-order valence-corrected chi connectivity index (χ2v) is 5.09. The van der Waals surface area contributed by atoms with Crippen molar-refractivity contribution in [2.24, 2.45) is 0 Å². The second-order valence-electron chi connectivity index (χ2n) is 5.09. The minimum Gasteiger partial charge on any atom is -0.493 e. The van der Waals surface area contributed by atoms with Gasteiger partial charge in [-0.1, -0.05) is 0 Å². The number of benzene rings is 1. The molecule has 0 aromatic heterocycles. The summed E-state index contributed by atoms with van der Waals surface area (Å²) in [7, 11) is 4.53. The predicted octanol–water partition coefficient (Wildman–Crippen LogP) is 1.93. The fraction of sp³-hybridized carbons (Fsp3) is 0.375. The van der Waals surface area contributed by atoms with Crippen LogP contribution in [-0.2, 0) is 4.79 Å². The normalized spacial score (nSPS) is 17.3. The molecule has 7 heteroatoms. The third kappa shape index (κ3) is 3.08. The lowest BCUT2D eigenvalue weighted by molar-refractivity contribution is -0.114. The second kappa shape index (κ2) is 6.60. The molecule has 1 atom stereocenters. The molecule has 0 spiro atoms. The van der Waals surface area contributed by atoms with E-state index in [1.165, 1.54) is 28.3 Å². The number of rotatable bonds is 5. The first-order chi connectivity index (χ1) is 10.9. The molecule has 2 amide bonds. The Kier molecular flexibility index (Phi) is 4.78. The fourth-order valence-corrected chi connectivity index (χ4v) is 2.68. The van der Waals surface area contributed by atoms with Gasteiger partial charge in [-0.25, -0.2) is 4.79 Å². The van der Waals surface area contributed by atoms with Crippen LogP contribution in [0, 0.1) is 0 Å². The maximum Gasteiger partial charge on any atom is 0.319 e. The fourth-order valence-electron chi connectivity index (χ4n) is 2.68. The minimum absolute atomic E-state index is 0.131. The Labute approximate surface area is 134 Å². The Morgan fingerprint density at radius 2 is 1.65 bits per heavy atom. The van der Waals surface area contributed by atoms with Crippen molar-refractivity contribution in [3.05, 3.63) is 29.0 Å². The number of hydrogen-bond acceptors (Lipinski definition) is 5. The summed E-state index contributed by atoms with van der Waals surface area (Å²) in [6.45, 7) is 3.16. The molecular formula is C16H20N2O5. The van der Waals surface area contributed by atoms with Gasteiger partial charge >= 0.3 is 6.03 Å². The van der Waals surface area contributed by atoms with E-state index >= 15 is 0 Å². The molecule has 0 radical (unpaired) electrons. The molecule has 2 N–H and O–H groups in total. The zero-order chi connectivity index (χ0) is 17.1. The van der Waals surface area contributed by atoms with E-state index in [0.717, 1.165) is 0 Å². The molecule has 0 aliphatic carbocycles. The molecule has 1 aromatic rings. The van der Waals surface area contributed by atoms with Crippen LogP contribution in [-0.4, -0.2) is 33.1 Å². The molecule has 124 valence electrons. The summed E-state index contributed by atoms with van der Waals surface area (Å²) >= 11 is 0. The monoisotopic (exact) mass is 320 g/mol. The number of carbonyl (C=O) groups is 2. The Bertz CT molecular complexity index is 656. The van der Waals surface area contributed by atoms with Crippen molar-refractivity contribution in [2.45, 2.75) is 19.9 Å². The quantitative estimate of drug-likeness (QED) is 0.866. The lowest BCUT2D eigenvalue weighted by Crippen LogP contribution is -2.44. The Balaban J connectivity index is 2.62. The molecule has 23 heavy (non-hydrogen) atoms. The summed E-state index contributed by atoms with van der Waals surface area (Å²) in [4.78, 5) is 23.8. The van der Waals surface area contributed by atoms with Gasteiger partial charge in [0, 0.05) is 11.3 Å². The zero-order valence-corrected chi connectivity index (χ0v) is 13.8. The van der Waals surface area contributed by atoms with Gasteiger partial charge in [0.15, 0.2) is 17.3 Å². The number of amides is 2. The van der Waals surface area contributed by atoms with E-state index in [1.54, 1.807) is 19.1 Å². The van der Waals surface area contributed by atoms with Gasteiger partial charge in [-0.2, -0.15) is 0 Å². The van der Waals surface area contributed by atoms with Gasteiger partial charge in [0.1, 0.15) is 0 Å². The number of ketones is 1. The molecule has 0 fully saturated rings. The topological polar surface area (TPSA) is 85.9 Å². The third-order valence-electron chi connectivity index (χ3n) is 3.67. The number of methoxy groups -OCH3 is 3. The van der Waals surface area contributed by atoms with Crippen LogP contribution < -0.4 is 24.8 Å². The molecule has 1 aliphatic rings. The SMILES string of the molecule is COc1cc(C2NC(=O)NC(C)=C2C(C)=O)cc(OC)c1OC. The number of hydrogen-bond donors (Lipinski definition) is 2. The molecular weight excluding hydrogens is 300 g/mol. The summed E-state index contributed by atoms with van der Waals surface area (Å²) in [6, 6.07) is 2.48. The molecule has 2 rings (SSSR count). The van der Waals surface area contributed by atoms with E-state index in [4.69, 9.17) is 14.2 Å². The van der Waals surface area contributed by atoms with Crippen molar-refractivity contribution in [1.82, 2.24) is 10.6 Å². The molecule has 0 bridgehead atoms. The summed E-state index contributed by atoms with van der Waals surface area (Å²) < 4.78 is 15.9. The van der Waals surface area contributed by atoms with Crippen molar-refractivity contribution < 1.29 is 23.8 Å². The molecule has 0 saturated carbocycles. The molecule has 1 unspecified atom stereocenters. The average molecular weight is 320 g/mol. The van der Waals surface area contributed by atoms with Crippen LogP contribution in [0.2, 0.25) is 0 Å². The van der Waals surface area contributed by atoms with Crippen LogP contribution in [0.25, 0.3) is 0 Å². The smallest absolute Gasteiger partial charge is 0.319 e. The van der Waals surface area contributed by atoms with Gasteiger partial charge in [0.25, 0.3) is 0 Å². The van der Waals surface area contributed by atoms with Crippen LogP contribution in [0.4, 0.5) is 4.79 Å². The Morgan fingerprint density at radius 1 is 1.09 bits per heavy atom. The maximum absolute atomic E-state index is 12.0. The largest absolute Gasteiger partial charge is 0.493 e. The summed E-state index contributed by atoms with van der Waals surface area (Å²) in [6.07, 6.45) is 0. The van der Waals surface area contributed by atoms with Crippen LogP contribution in [0.1, 0.15) is 25.5 Å². The van der Waals surface area contributed by atoms with E-state index in [1.807, 2.05) is 0 Å². The Hall–Kier alpha value is -2.70. The standard InChI is InChI=1S/C16H20N2O5/c1-8-13(9(2)19)14(18-16(20)17-8)10-6-11(21-3)15(23-5)12(7-10)22-4/h6-7,14H,1-5H3,(H2,17,18,20). The van der Waals surface area contributed by atoms with Crippen molar-refractivity contribution in [3.63, 3.8) is 0 Å². The van der Waals surface area contributed by atoms with Crippen molar-refractivity contribution in [1.29, 1.82) is 0 Å². The van der Waals surface area contributed by atoms with Gasteiger partial charge < -0.3 is 24.8 Å². The molecule has 1 aromatic carbocycles. The molecule has 7 nitrogen and oxygen atoms in total. The zero-order valence-electron chi connectivity index (χ0n) is 13.8. The summed E-state index contributed by atoms with van der Waals surface area (Å²) in [5.41, 5.74) is 1.68. The van der Waals surface area contributed by atoms with E-state index in [2.05, 4.69) is 10.6 Å². The number of carbonyl (C=O) groups excluding carboxylic acids is 2. The first-order valence-electron chi connectivity index (χ1n) is 7.02. The molecule has 1 aliphatic heterocycles. The van der Waals surface area contributed by atoms with E-state index in [-0.39, 0.29) is 11.8 Å². The summed E-state index contributed by atoms with van der Waals surface area (Å²) in [5, 5.41) is 5.37. The van der Waals surface area contributed by atoms with Gasteiger partial charge in [-0.05, 0) is 31.5 Å². The lowest BCUT2D eigenvalue weighted by Gasteiger charge is -2.28. The first kappa shape index (κ1) is 16.7. The van der Waals surface area contributed by atoms with E-state index < -0.39 is 6.04 Å². The van der Waals surface area contributed by atoms with Crippen LogP contribution >= 0.6 is 0 Å². The van der Waals surface area contributed by atoms with Gasteiger partial charge in [-0.15, -0.1) is 0 Å². The van der Waals surface area contributed by atoms with Crippen LogP contribution in [0.3, 0.4) is 0 Å². The highest BCUT2D eigenvalue weighted by atomic mass is 16.5. The van der Waals surface area contributed by atoms with Crippen molar-refractivity contribution >= 4 is 11.8 Å². The number of urea groups is 1. The molecule has 1 heterocycles. The van der Waals surface area contributed by atoms with Crippen molar-refractivity contribution in [3.8, 4) is 17.2 Å². The van der Waals surface area contributed by atoms with Gasteiger partial charge in [0.05, 0.1) is 27.4 Å². The Morgan fingerprint density at radius 3 is 2.09 bits per heavy atom. The number of nitrogens with one attached hydrogen (secondary N) is 2. The average Bonchev–Trinajstić information content (AvgIpc) is 2.51. The molecule has 0 saturated heterocycles. The first-order valence-corrected chi connectivity index (χ1v) is 7.02. The highest BCUT2D eigenvalue weighted by Gasteiger charge is 2.30. The van der Waals surface area contributed by atoms with Crippen LogP contribution in [0.15, 0.2) is 23.4 Å². The summed E-state index contributed by atoms with van der Waals surface area (Å²) in [5.74, 6) is 1.23. The third-order valence-corrected chi connectivity index (χ3v) is 3.67. The highest BCUT2D eigenvalue weighted by molar-refractivity contribution is 5.98. The maximum atomic E-state index is 12.0. The van der Waals surface area contributed by atoms with Crippen molar-refractivity contribution in [2.75, 3.05) is 21.3 Å². The number of ether oxygens (including phenoxy) is 3. The van der Waals surface area contributed by atoms with E-state index in [9.17, 15) is 9.59 Å². The number of Topliss-reactive ketones (excluding diaryl/α,β-unsaturated/α-hetero) is 1. The van der Waals surface area contributed by atoms with E-state index in [0.29, 0.717) is 34.1 Å². The predicted molar refractivity (Wildman–Crippen MR) is 83.9 cm³/mol.